The summed E-state index contributed by atoms with van der Waals surface area (Å²) in [5.74, 6) is 63.9. The molecule has 0 aliphatic heterocycles. The van der Waals surface area contributed by atoms with E-state index in [4.69, 9.17) is 37.9 Å². The summed E-state index contributed by atoms with van der Waals surface area (Å²) in [7, 11) is 14.0. The maximum atomic E-state index is 6.18. The van der Waals surface area contributed by atoms with Crippen LogP contribution in [0.4, 0.5) is 0 Å². The predicted molar refractivity (Wildman–Crippen MR) is 477 cm³/mol. The van der Waals surface area contributed by atoms with Crippen LogP contribution in [0.3, 0.4) is 0 Å². The van der Waals surface area contributed by atoms with Crippen LogP contribution in [0.25, 0.3) is 0 Å². The highest BCUT2D eigenvalue weighted by Gasteiger charge is 2.24. The quantitative estimate of drug-likeness (QED) is 0.139. The molecule has 0 aromatic heterocycles. The lowest BCUT2D eigenvalue weighted by atomic mass is 9.90. The predicted octanol–water partition coefficient (Wildman–Crippen LogP) is 18.8. The molecule has 0 atom stereocenters. The van der Waals surface area contributed by atoms with Gasteiger partial charge in [0.1, 0.15) is 46.0 Å². The molecule has 32 bridgehead atoms. The molecule has 0 unspecified atom stereocenters. The van der Waals surface area contributed by atoms with E-state index in [1.807, 2.05) is 0 Å². The fraction of sp³-hybridized carbons (Fsp3) is 0.214. The highest BCUT2D eigenvalue weighted by Crippen LogP contribution is 2.39. The van der Waals surface area contributed by atoms with Gasteiger partial charge in [-0.05, 0) is 375 Å². The van der Waals surface area contributed by atoms with Crippen LogP contribution in [-0.2, 0) is 103 Å². The van der Waals surface area contributed by atoms with Crippen molar-refractivity contribution in [2.75, 3.05) is 56.9 Å². The summed E-state index contributed by atoms with van der Waals surface area (Å²) in [5.41, 5.74) is 32.4. The zero-order chi connectivity index (χ0) is 82.0. The van der Waals surface area contributed by atoms with Gasteiger partial charge in [-0.3, -0.25) is 0 Å². The van der Waals surface area contributed by atoms with Gasteiger partial charge in [-0.25, -0.2) is 0 Å². The van der Waals surface area contributed by atoms with Crippen molar-refractivity contribution in [3.63, 3.8) is 0 Å². The number of hydrogen-bond donors (Lipinski definition) is 0. The van der Waals surface area contributed by atoms with Gasteiger partial charge < -0.3 is 37.9 Å². The number of benzene rings is 12. The molecule has 0 N–H and O–H groups in total. The van der Waals surface area contributed by atoms with E-state index in [2.05, 4.69) is 289 Å². The first-order valence-corrected chi connectivity index (χ1v) is 41.1. The fourth-order valence-corrected chi connectivity index (χ4v) is 16.9. The Morgan fingerprint density at radius 3 is 0.508 bits per heavy atom. The van der Waals surface area contributed by atoms with Gasteiger partial charge in [-0.2, -0.15) is 0 Å². The maximum Gasteiger partial charge on any atom is 0.123 e. The molecule has 12 aromatic carbocycles. The molecule has 0 heterocycles. The lowest BCUT2D eigenvalue weighted by Crippen LogP contribution is -2.06. The molecule has 0 saturated heterocycles. The minimum Gasteiger partial charge on any atom is -0.496 e. The molecule has 0 radical (unpaired) electrons. The standard InChI is InChI=1S/C112H88O8/c1-113-105-71-93-53-55-103-95-41-31-79-21-17-77(18-22-79)27-37-85-65-102-52-50-100-64-84(90(68-108(100)116-4)46-48-92(85)70-110(102)118-6)36-26-74-11-15-76(16-12-74)30-40-88-62-98-44-34-82-58-96(104(112(60-82)120-8)56-54-94(88)72-106(98)114-2)42-32-80-23-19-78(20-24-80)28-38-86-66-101-51-49-99-63-83(89(67-107(99)115-3)45-47-91(86)69-109(101)117-5)35-25-73-9-13-75(14-10-73)29-39-87(93)61-97(105)43-33-81(57-95)59-111(103)119-7/h9-24,57-72H,33-34,43-56H2,1-8H3. The maximum absolute atomic E-state index is 6.18. The van der Waals surface area contributed by atoms with E-state index in [0.29, 0.717) is 77.0 Å². The Labute approximate surface area is 706 Å². The number of aryl methyl sites for hydroxylation is 14. The molecule has 8 heteroatoms. The topological polar surface area (TPSA) is 73.8 Å². The average Bonchev–Trinajstić information content (AvgIpc) is 0.807. The third kappa shape index (κ3) is 17.5. The van der Waals surface area contributed by atoms with E-state index in [-0.39, 0.29) is 0 Å². The normalized spacial score (nSPS) is 13.1. The van der Waals surface area contributed by atoms with Gasteiger partial charge in [0.05, 0.1) is 56.9 Å². The van der Waals surface area contributed by atoms with Gasteiger partial charge in [0.25, 0.3) is 0 Å². The zero-order valence-corrected chi connectivity index (χ0v) is 69.1. The Bertz CT molecular complexity index is 6250. The molecule has 12 aromatic rings. The largest absolute Gasteiger partial charge is 0.496 e. The van der Waals surface area contributed by atoms with Gasteiger partial charge in [-0.1, -0.05) is 94.7 Å². The third-order valence-electron chi connectivity index (χ3n) is 23.6. The minimum absolute atomic E-state index is 0.675. The van der Waals surface area contributed by atoms with Crippen molar-refractivity contribution in [2.45, 2.75) is 103 Å². The molecule has 23 aliphatic rings. The van der Waals surface area contributed by atoms with Gasteiger partial charge in [0.15, 0.2) is 0 Å². The van der Waals surface area contributed by atoms with Crippen LogP contribution in [0, 0.1) is 94.7 Å². The molecule has 0 amide bonds. The lowest BCUT2D eigenvalue weighted by molar-refractivity contribution is 0.404. The number of methoxy groups -OCH3 is 8. The SMILES string of the molecule is COc1cc2c3cc1CCc1cc(c(c(OC)c1)CC2)C#Cc1ccc(cc1)C#Cc1cc2c(OC)cc1CCc1cc(OC)c(cc1C#Cc1ccc(cc1)C#Cc1cc4c(OC)cc1CCc1c(cc(cc1OC)CC4)C#Cc1ccc(cc1)C#Cc1cc4c(OC)cc1CCc1cc(OC)c(cc1C#Cc1ccc(cc1)C#C3)CC4)CC2. The van der Waals surface area contributed by atoms with Crippen LogP contribution < -0.4 is 37.9 Å². The van der Waals surface area contributed by atoms with Crippen LogP contribution in [0.1, 0.15) is 178 Å². The monoisotopic (exact) mass is 1560 g/mol. The van der Waals surface area contributed by atoms with Gasteiger partial charge in [0, 0.05) is 100 Å². The van der Waals surface area contributed by atoms with Crippen LogP contribution in [0.2, 0.25) is 0 Å². The molecule has 0 spiro atoms. The summed E-state index contributed by atoms with van der Waals surface area (Å²) in [6, 6.07) is 68.2. The first-order valence-electron chi connectivity index (χ1n) is 41.1. The van der Waals surface area contributed by atoms with Gasteiger partial charge >= 0.3 is 0 Å². The molecule has 0 saturated carbocycles. The van der Waals surface area contributed by atoms with E-state index < -0.39 is 0 Å². The minimum atomic E-state index is 0.675. The Kier molecular flexibility index (Phi) is 23.1. The zero-order valence-electron chi connectivity index (χ0n) is 69.1. The van der Waals surface area contributed by atoms with Crippen molar-refractivity contribution in [1.29, 1.82) is 0 Å². The van der Waals surface area contributed by atoms with Crippen LogP contribution >= 0.6 is 0 Å². The van der Waals surface area contributed by atoms with Crippen molar-refractivity contribution in [3.05, 3.63) is 372 Å². The second-order valence-electron chi connectivity index (χ2n) is 30.9. The summed E-state index contributed by atoms with van der Waals surface area (Å²) in [4.78, 5) is 0. The van der Waals surface area contributed by atoms with E-state index in [0.717, 1.165) is 250 Å². The van der Waals surface area contributed by atoms with Gasteiger partial charge in [-0.15, -0.1) is 0 Å². The smallest absolute Gasteiger partial charge is 0.123 e. The van der Waals surface area contributed by atoms with Crippen LogP contribution in [-0.4, -0.2) is 56.9 Å². The van der Waals surface area contributed by atoms with Crippen molar-refractivity contribution >= 4 is 0 Å². The summed E-state index contributed by atoms with van der Waals surface area (Å²) in [5, 5.41) is 0. The molecule has 584 valence electrons. The Morgan fingerprint density at radius 2 is 0.317 bits per heavy atom. The molecular formula is C112H88O8. The summed E-state index contributed by atoms with van der Waals surface area (Å²) in [6.07, 6.45) is 11.4. The highest BCUT2D eigenvalue weighted by molar-refractivity contribution is 5.65. The van der Waals surface area contributed by atoms with Crippen LogP contribution in [0.15, 0.2) is 194 Å². The summed E-state index contributed by atoms with van der Waals surface area (Å²) in [6.45, 7) is 0. The Hall–Kier alpha value is -14.5. The first kappa shape index (κ1) is 78.1. The lowest BCUT2D eigenvalue weighted by Gasteiger charge is -2.18. The van der Waals surface area contributed by atoms with Crippen molar-refractivity contribution in [3.8, 4) is 141 Å². The van der Waals surface area contributed by atoms with E-state index >= 15 is 0 Å². The van der Waals surface area contributed by atoms with Crippen molar-refractivity contribution < 1.29 is 37.9 Å². The Balaban J connectivity index is 0.710. The van der Waals surface area contributed by atoms with Gasteiger partial charge in [0.2, 0.25) is 0 Å². The first-order chi connectivity index (χ1) is 58.9. The number of rotatable bonds is 8. The van der Waals surface area contributed by atoms with E-state index in [1.54, 1.807) is 56.9 Å². The van der Waals surface area contributed by atoms with Crippen molar-refractivity contribution in [2.24, 2.45) is 0 Å². The second kappa shape index (κ2) is 35.5. The Morgan fingerprint density at radius 1 is 0.150 bits per heavy atom. The third-order valence-corrected chi connectivity index (χ3v) is 23.6. The summed E-state index contributed by atoms with van der Waals surface area (Å²) >= 11 is 0. The van der Waals surface area contributed by atoms with Crippen LogP contribution in [0.5, 0.6) is 46.0 Å². The average molecular weight is 1560 g/mol. The molecule has 8 nitrogen and oxygen atoms in total. The van der Waals surface area contributed by atoms with Crippen molar-refractivity contribution in [1.82, 2.24) is 0 Å². The number of hydrogen-bond acceptors (Lipinski definition) is 8. The summed E-state index contributed by atoms with van der Waals surface area (Å²) < 4.78 is 48.8. The van der Waals surface area contributed by atoms with E-state index in [9.17, 15) is 0 Å². The molecule has 120 heavy (non-hydrogen) atoms. The highest BCUT2D eigenvalue weighted by atomic mass is 16.5. The second-order valence-corrected chi connectivity index (χ2v) is 30.9. The molecular weight excluding hydrogens is 1470 g/mol. The molecule has 0 fully saturated rings. The number of ether oxygens (including phenoxy) is 8. The molecule has 23 aliphatic carbocycles. The molecule has 35 rings (SSSR count). The van der Waals surface area contributed by atoms with E-state index in [1.165, 1.54) is 0 Å². The fourth-order valence-electron chi connectivity index (χ4n) is 16.9.